The highest BCUT2D eigenvalue weighted by Gasteiger charge is 2.15. The van der Waals surface area contributed by atoms with Crippen LogP contribution >= 0.6 is 0 Å². The van der Waals surface area contributed by atoms with E-state index < -0.39 is 11.9 Å². The molecular formula is C15H15N4O3. The first-order valence-electron chi connectivity index (χ1n) is 6.67. The van der Waals surface area contributed by atoms with Crippen LogP contribution in [0.5, 0.6) is 0 Å². The third kappa shape index (κ3) is 4.55. The Hall–Kier alpha value is -2.96. The van der Waals surface area contributed by atoms with Gasteiger partial charge in [-0.2, -0.15) is 0 Å². The van der Waals surface area contributed by atoms with Crippen LogP contribution in [0.3, 0.4) is 0 Å². The molecule has 22 heavy (non-hydrogen) atoms. The Bertz CT molecular complexity index is 626. The molecule has 2 aromatic rings. The van der Waals surface area contributed by atoms with Gasteiger partial charge in [-0.3, -0.25) is 14.4 Å². The summed E-state index contributed by atoms with van der Waals surface area (Å²) in [6.45, 7) is -0.216. The Morgan fingerprint density at radius 2 is 2.05 bits per heavy atom. The smallest absolute Gasteiger partial charge is 0.251 e. The van der Waals surface area contributed by atoms with Crippen molar-refractivity contribution < 1.29 is 14.4 Å². The molecule has 1 aromatic heterocycles. The Balaban J connectivity index is 1.79. The average molecular weight is 299 g/mol. The molecule has 0 saturated heterocycles. The molecule has 0 unspecified atom stereocenters. The fourth-order valence-electron chi connectivity index (χ4n) is 1.83. The van der Waals surface area contributed by atoms with Crippen LogP contribution in [0.1, 0.15) is 16.1 Å². The second-order valence-corrected chi connectivity index (χ2v) is 4.55. The summed E-state index contributed by atoms with van der Waals surface area (Å²) >= 11 is 0. The summed E-state index contributed by atoms with van der Waals surface area (Å²) in [5, 5.41) is 4.97. The maximum Gasteiger partial charge on any atom is 0.251 e. The van der Waals surface area contributed by atoms with Gasteiger partial charge in [-0.15, -0.1) is 0 Å². The van der Waals surface area contributed by atoms with Gasteiger partial charge in [0.15, 0.2) is 0 Å². The van der Waals surface area contributed by atoms with Crippen molar-refractivity contribution in [2.45, 2.75) is 12.5 Å². The second-order valence-electron chi connectivity index (χ2n) is 4.55. The van der Waals surface area contributed by atoms with Crippen LogP contribution in [0.4, 0.5) is 0 Å². The van der Waals surface area contributed by atoms with Crippen LogP contribution in [0.2, 0.25) is 0 Å². The third-order valence-electron chi connectivity index (χ3n) is 2.89. The van der Waals surface area contributed by atoms with E-state index in [1.165, 1.54) is 6.33 Å². The fraction of sp³-hybridized carbons (Fsp3) is 0.200. The quantitative estimate of drug-likeness (QED) is 0.668. The normalized spacial score (nSPS) is 11.5. The van der Waals surface area contributed by atoms with E-state index in [2.05, 4.69) is 20.6 Å². The molecule has 2 amide bonds. The van der Waals surface area contributed by atoms with Crippen LogP contribution in [-0.4, -0.2) is 40.7 Å². The zero-order valence-corrected chi connectivity index (χ0v) is 11.7. The molecule has 113 valence electrons. The van der Waals surface area contributed by atoms with E-state index in [0.29, 0.717) is 11.3 Å². The van der Waals surface area contributed by atoms with Gasteiger partial charge < -0.3 is 15.6 Å². The van der Waals surface area contributed by atoms with Crippen LogP contribution in [0.25, 0.3) is 0 Å². The first-order chi connectivity index (χ1) is 10.7. The number of aromatic amines is 1. The number of amides is 2. The molecule has 7 nitrogen and oxygen atoms in total. The molecule has 1 atom stereocenters. The lowest BCUT2D eigenvalue weighted by Gasteiger charge is -2.11. The second kappa shape index (κ2) is 7.72. The Labute approximate surface area is 127 Å². The predicted octanol–water partition coefficient (Wildman–Crippen LogP) is -0.0233. The standard InChI is InChI=1S/C15H15N4O3/c20-9-13(6-12-7-16-10-18-12)19-14(21)8-17-15(22)11-4-2-1-3-5-11/h1-5,7,10,13H,6,8H2,(H,16,18)(H,17,22)(H,19,21)/t13-/m0/s1. The van der Waals surface area contributed by atoms with Gasteiger partial charge in [0.05, 0.1) is 18.6 Å². The summed E-state index contributed by atoms with van der Waals surface area (Å²) in [6, 6.07) is 7.75. The van der Waals surface area contributed by atoms with Crippen molar-refractivity contribution in [1.82, 2.24) is 20.6 Å². The maximum absolute atomic E-state index is 11.8. The summed E-state index contributed by atoms with van der Waals surface area (Å²) in [5.41, 5.74) is 1.10. The molecule has 0 aliphatic heterocycles. The van der Waals surface area contributed by atoms with Gasteiger partial charge in [-0.05, 0) is 12.1 Å². The minimum absolute atomic E-state index is 0.216. The van der Waals surface area contributed by atoms with E-state index in [-0.39, 0.29) is 18.9 Å². The minimum Gasteiger partial charge on any atom is -0.351 e. The molecule has 0 spiro atoms. The summed E-state index contributed by atoms with van der Waals surface area (Å²) in [4.78, 5) is 41.1. The minimum atomic E-state index is -0.801. The molecule has 1 radical (unpaired) electrons. The summed E-state index contributed by atoms with van der Waals surface area (Å²) in [5.74, 6) is -0.817. The van der Waals surface area contributed by atoms with Gasteiger partial charge in [0.25, 0.3) is 5.91 Å². The Morgan fingerprint density at radius 3 is 2.68 bits per heavy atom. The number of aromatic nitrogens is 2. The number of hydrogen-bond acceptors (Lipinski definition) is 4. The topological polar surface area (TPSA) is 104 Å². The molecule has 2 rings (SSSR count). The molecule has 0 saturated carbocycles. The van der Waals surface area contributed by atoms with E-state index in [0.717, 1.165) is 0 Å². The zero-order chi connectivity index (χ0) is 15.8. The highest BCUT2D eigenvalue weighted by atomic mass is 16.2. The number of nitrogens with one attached hydrogen (secondary N) is 3. The number of carbonyl (C=O) groups excluding carboxylic acids is 3. The van der Waals surface area contributed by atoms with Crippen molar-refractivity contribution >= 4 is 18.1 Å². The number of carbonyl (C=O) groups is 2. The average Bonchev–Trinajstić information content (AvgIpc) is 3.05. The first kappa shape index (κ1) is 15.4. The molecular weight excluding hydrogens is 284 g/mol. The van der Waals surface area contributed by atoms with Gasteiger partial charge in [0.1, 0.15) is 6.04 Å². The molecule has 3 N–H and O–H groups in total. The van der Waals surface area contributed by atoms with Gasteiger partial charge >= 0.3 is 0 Å². The van der Waals surface area contributed by atoms with Crippen molar-refractivity contribution in [2.75, 3.05) is 6.54 Å². The van der Waals surface area contributed by atoms with Crippen molar-refractivity contribution in [3.8, 4) is 0 Å². The molecule has 0 bridgehead atoms. The van der Waals surface area contributed by atoms with Crippen LogP contribution in [0, 0.1) is 0 Å². The first-order valence-corrected chi connectivity index (χ1v) is 6.67. The Morgan fingerprint density at radius 1 is 1.27 bits per heavy atom. The maximum atomic E-state index is 11.8. The van der Waals surface area contributed by atoms with Crippen molar-refractivity contribution in [3.63, 3.8) is 0 Å². The van der Waals surface area contributed by atoms with Crippen LogP contribution in [-0.2, 0) is 16.0 Å². The number of H-pyrrole nitrogens is 1. The highest BCUT2D eigenvalue weighted by Crippen LogP contribution is 1.98. The molecule has 1 aromatic carbocycles. The van der Waals surface area contributed by atoms with Crippen molar-refractivity contribution in [3.05, 3.63) is 54.1 Å². The number of rotatable bonds is 7. The Kier molecular flexibility index (Phi) is 5.42. The SMILES string of the molecule is O=[C][C@H](Cc1c[nH]cn1)NC(=O)CNC(=O)c1ccccc1. The molecule has 1 heterocycles. The molecule has 0 aliphatic carbocycles. The lowest BCUT2D eigenvalue weighted by molar-refractivity contribution is -0.120. The largest absolute Gasteiger partial charge is 0.351 e. The summed E-state index contributed by atoms with van der Waals surface area (Å²) in [6.07, 6.45) is 5.10. The molecule has 0 fully saturated rings. The number of benzene rings is 1. The monoisotopic (exact) mass is 299 g/mol. The van der Waals surface area contributed by atoms with E-state index in [1.54, 1.807) is 42.8 Å². The zero-order valence-electron chi connectivity index (χ0n) is 11.7. The summed E-state index contributed by atoms with van der Waals surface area (Å²) in [7, 11) is 0. The van der Waals surface area contributed by atoms with Crippen molar-refractivity contribution in [2.24, 2.45) is 0 Å². The van der Waals surface area contributed by atoms with Crippen LogP contribution in [0.15, 0.2) is 42.9 Å². The van der Waals surface area contributed by atoms with Gasteiger partial charge in [0.2, 0.25) is 12.2 Å². The molecule has 0 aliphatic rings. The lowest BCUT2D eigenvalue weighted by Crippen LogP contribution is -2.43. The van der Waals surface area contributed by atoms with Crippen molar-refractivity contribution in [1.29, 1.82) is 0 Å². The van der Waals surface area contributed by atoms with Gasteiger partial charge in [-0.1, -0.05) is 18.2 Å². The molecule has 7 heteroatoms. The van der Waals surface area contributed by atoms with Gasteiger partial charge in [0, 0.05) is 18.2 Å². The van der Waals surface area contributed by atoms with Crippen LogP contribution < -0.4 is 10.6 Å². The third-order valence-corrected chi connectivity index (χ3v) is 2.89. The lowest BCUT2D eigenvalue weighted by atomic mass is 10.2. The van der Waals surface area contributed by atoms with E-state index in [4.69, 9.17) is 0 Å². The van der Waals surface area contributed by atoms with E-state index >= 15 is 0 Å². The fourth-order valence-corrected chi connectivity index (χ4v) is 1.83. The highest BCUT2D eigenvalue weighted by molar-refractivity contribution is 5.96. The van der Waals surface area contributed by atoms with E-state index in [1.807, 2.05) is 0 Å². The number of imidazole rings is 1. The van der Waals surface area contributed by atoms with Gasteiger partial charge in [-0.25, -0.2) is 4.98 Å². The summed E-state index contributed by atoms with van der Waals surface area (Å²) < 4.78 is 0. The number of hydrogen-bond donors (Lipinski definition) is 3. The predicted molar refractivity (Wildman–Crippen MR) is 78.7 cm³/mol. The number of nitrogens with zero attached hydrogens (tertiary/aromatic N) is 1. The van der Waals surface area contributed by atoms with E-state index in [9.17, 15) is 14.4 Å².